The number of aryl methyl sites for hydroxylation is 3. The van der Waals surface area contributed by atoms with Crippen LogP contribution < -0.4 is 5.32 Å². The lowest BCUT2D eigenvalue weighted by Gasteiger charge is -2.16. The van der Waals surface area contributed by atoms with E-state index >= 15 is 0 Å². The van der Waals surface area contributed by atoms with Gasteiger partial charge < -0.3 is 29.5 Å². The Bertz CT molecular complexity index is 1850. The van der Waals surface area contributed by atoms with E-state index in [0.29, 0.717) is 26.0 Å². The lowest BCUT2D eigenvalue weighted by atomic mass is 9.86. The summed E-state index contributed by atoms with van der Waals surface area (Å²) in [5.74, 6) is -0.139. The van der Waals surface area contributed by atoms with Crippen LogP contribution in [0.4, 0.5) is 4.79 Å². The number of aromatic amines is 2. The average molecular weight is 628 g/mol. The Morgan fingerprint density at radius 1 is 0.913 bits per heavy atom. The molecule has 2 aliphatic rings. The Morgan fingerprint density at radius 3 is 2.35 bits per heavy atom. The quantitative estimate of drug-likeness (QED) is 0.168. The van der Waals surface area contributed by atoms with Crippen molar-refractivity contribution in [3.05, 3.63) is 69.3 Å². The number of alkyl carbamates (subject to hydrolysis) is 1. The molecule has 0 unspecified atom stereocenters. The van der Waals surface area contributed by atoms with E-state index < -0.39 is 6.09 Å². The van der Waals surface area contributed by atoms with Crippen LogP contribution in [0, 0.1) is 20.8 Å². The monoisotopic (exact) mass is 627 g/mol. The Kier molecular flexibility index (Phi) is 9.96. The minimum atomic E-state index is -0.506. The Hall–Kier alpha value is -4.44. The first-order valence-corrected chi connectivity index (χ1v) is 15.9. The van der Waals surface area contributed by atoms with Crippen molar-refractivity contribution in [1.82, 2.24) is 25.3 Å². The van der Waals surface area contributed by atoms with Crippen LogP contribution in [0.5, 0.6) is 0 Å². The van der Waals surface area contributed by atoms with Crippen molar-refractivity contribution >= 4 is 45.3 Å². The van der Waals surface area contributed by atoms with Gasteiger partial charge in [-0.1, -0.05) is 13.8 Å². The molecule has 0 aliphatic carbocycles. The van der Waals surface area contributed by atoms with Crippen LogP contribution in [0.25, 0.3) is 33.2 Å². The van der Waals surface area contributed by atoms with Gasteiger partial charge in [0.05, 0.1) is 25.1 Å². The number of aromatic nitrogens is 4. The number of carbonyl (C=O) groups excluding carboxylic acids is 2. The van der Waals surface area contributed by atoms with Gasteiger partial charge in [0.15, 0.2) is 0 Å². The average Bonchev–Trinajstić information content (AvgIpc) is 3.73. The standard InChI is InChI=1S/C36H45N5O5/c1-9-24-20(3)30-17-33-26(18-46-36(43)37-12-13-44-7)22(5)29(40-33)16-31-21(4)25(10-11-34(42)45-8)35(41-31)23(6)28-14-19(2)27(38-28)15-32(24)39-30/h14-17,21,25,38,40H,9-13,18H2,1-8H3,(H,37,43)/t21-,25-/m0/s1. The van der Waals surface area contributed by atoms with E-state index in [1.807, 2.05) is 13.0 Å². The summed E-state index contributed by atoms with van der Waals surface area (Å²) < 4.78 is 15.7. The maximum atomic E-state index is 12.5. The summed E-state index contributed by atoms with van der Waals surface area (Å²) in [5, 5.41) is 2.72. The third-order valence-corrected chi connectivity index (χ3v) is 9.37. The van der Waals surface area contributed by atoms with E-state index in [9.17, 15) is 9.59 Å². The number of hydrogen-bond acceptors (Lipinski definition) is 7. The number of fused-ring (bicyclic) bond motifs is 8. The number of H-pyrrole nitrogens is 2. The van der Waals surface area contributed by atoms with Crippen LogP contribution in [-0.2, 0) is 25.6 Å². The molecule has 0 spiro atoms. The molecule has 0 aromatic carbocycles. The molecular weight excluding hydrogens is 582 g/mol. The molecule has 244 valence electrons. The molecule has 5 rings (SSSR count). The molecule has 2 atom stereocenters. The van der Waals surface area contributed by atoms with Gasteiger partial charge in [0, 0.05) is 70.9 Å². The second-order valence-electron chi connectivity index (χ2n) is 12.2. The number of ether oxygens (including phenoxy) is 3. The summed E-state index contributed by atoms with van der Waals surface area (Å²) in [6.45, 7) is 13.5. The maximum Gasteiger partial charge on any atom is 0.407 e. The summed E-state index contributed by atoms with van der Waals surface area (Å²) >= 11 is 0. The number of nitrogens with zero attached hydrogens (tertiary/aromatic N) is 2. The van der Waals surface area contributed by atoms with Gasteiger partial charge in [-0.3, -0.25) is 9.78 Å². The molecule has 3 aromatic rings. The molecule has 10 heteroatoms. The molecule has 8 bridgehead atoms. The van der Waals surface area contributed by atoms with Crippen molar-refractivity contribution in [2.24, 2.45) is 0 Å². The highest BCUT2D eigenvalue weighted by atomic mass is 16.5. The second kappa shape index (κ2) is 13.9. The molecule has 5 heterocycles. The Labute approximate surface area is 270 Å². The van der Waals surface area contributed by atoms with Crippen molar-refractivity contribution < 1.29 is 23.8 Å². The first-order chi connectivity index (χ1) is 22.1. The molecule has 0 fully saturated rings. The zero-order valence-corrected chi connectivity index (χ0v) is 28.1. The van der Waals surface area contributed by atoms with E-state index in [0.717, 1.165) is 79.1 Å². The number of nitrogens with one attached hydrogen (secondary N) is 3. The normalized spacial score (nSPS) is 16.1. The zero-order chi connectivity index (χ0) is 33.1. The number of carbonyl (C=O) groups is 2. The summed E-state index contributed by atoms with van der Waals surface area (Å²) in [7, 11) is 3.01. The van der Waals surface area contributed by atoms with E-state index in [-0.39, 0.29) is 24.4 Å². The molecule has 10 nitrogen and oxygen atoms in total. The first-order valence-electron chi connectivity index (χ1n) is 15.9. The van der Waals surface area contributed by atoms with Crippen LogP contribution >= 0.6 is 0 Å². The van der Waals surface area contributed by atoms with Crippen molar-refractivity contribution in [3.8, 4) is 0 Å². The summed E-state index contributed by atoms with van der Waals surface area (Å²) in [4.78, 5) is 42.2. The zero-order valence-electron chi connectivity index (χ0n) is 28.1. The molecule has 46 heavy (non-hydrogen) atoms. The van der Waals surface area contributed by atoms with Gasteiger partial charge in [0.2, 0.25) is 0 Å². The highest BCUT2D eigenvalue weighted by molar-refractivity contribution is 5.92. The number of hydrogen-bond donors (Lipinski definition) is 3. The van der Waals surface area contributed by atoms with E-state index in [2.05, 4.69) is 68.1 Å². The fourth-order valence-corrected chi connectivity index (χ4v) is 6.45. The van der Waals surface area contributed by atoms with E-state index in [1.54, 1.807) is 7.11 Å². The molecule has 3 aromatic heterocycles. The summed E-state index contributed by atoms with van der Waals surface area (Å²) in [5.41, 5.74) is 13.7. The smallest absolute Gasteiger partial charge is 0.407 e. The first kappa shape index (κ1) is 32.9. The van der Waals surface area contributed by atoms with Crippen LogP contribution in [0.1, 0.15) is 96.9 Å². The van der Waals surface area contributed by atoms with Gasteiger partial charge in [0.1, 0.15) is 6.61 Å². The second-order valence-corrected chi connectivity index (χ2v) is 12.2. The number of methoxy groups -OCH3 is 2. The predicted octanol–water partition coefficient (Wildman–Crippen LogP) is 7.29. The number of amides is 1. The predicted molar refractivity (Wildman–Crippen MR) is 180 cm³/mol. The van der Waals surface area contributed by atoms with Crippen LogP contribution in [0.15, 0.2) is 24.3 Å². The minimum Gasteiger partial charge on any atom is -0.469 e. The topological polar surface area (TPSA) is 131 Å². The van der Waals surface area contributed by atoms with Crippen LogP contribution in [0.2, 0.25) is 0 Å². The van der Waals surface area contributed by atoms with Gasteiger partial charge >= 0.3 is 12.1 Å². The molecule has 0 saturated carbocycles. The van der Waals surface area contributed by atoms with Crippen LogP contribution in [-0.4, -0.2) is 59.4 Å². The summed E-state index contributed by atoms with van der Waals surface area (Å²) in [6.07, 6.45) is 1.27. The maximum absolute atomic E-state index is 12.5. The molecular formula is C36H45N5O5. The van der Waals surface area contributed by atoms with Gasteiger partial charge in [-0.2, -0.15) is 0 Å². The number of esters is 1. The lowest BCUT2D eigenvalue weighted by Crippen LogP contribution is -2.27. The number of rotatable bonds is 9. The fourth-order valence-electron chi connectivity index (χ4n) is 6.45. The fraction of sp³-hybridized carbons (Fsp3) is 0.444. The largest absolute Gasteiger partial charge is 0.469 e. The Morgan fingerprint density at radius 2 is 1.63 bits per heavy atom. The van der Waals surface area contributed by atoms with Crippen molar-refractivity contribution in [1.29, 1.82) is 0 Å². The van der Waals surface area contributed by atoms with Gasteiger partial charge in [-0.25, -0.2) is 9.78 Å². The van der Waals surface area contributed by atoms with Gasteiger partial charge in [-0.05, 0) is 92.6 Å². The molecule has 3 N–H and O–H groups in total. The van der Waals surface area contributed by atoms with E-state index in [4.69, 9.17) is 24.2 Å². The SMILES string of the molecule is CCC1=C(C)c2cc3[nH]c(cc4nc(c(C)c5cc(C)c(cc1n2)[nH]5)[C@@H](CCC(=O)OC)[C@@H]4C)c(C)c3COC(=O)NCCOC. The van der Waals surface area contributed by atoms with E-state index in [1.165, 1.54) is 12.7 Å². The summed E-state index contributed by atoms with van der Waals surface area (Å²) in [6, 6.07) is 8.42. The Balaban J connectivity index is 1.76. The van der Waals surface area contributed by atoms with Crippen molar-refractivity contribution in [2.45, 2.75) is 79.2 Å². The third-order valence-electron chi connectivity index (χ3n) is 9.37. The van der Waals surface area contributed by atoms with Gasteiger partial charge in [0.25, 0.3) is 0 Å². The van der Waals surface area contributed by atoms with Crippen molar-refractivity contribution in [2.75, 3.05) is 27.4 Å². The molecule has 0 saturated heterocycles. The molecule has 2 aliphatic heterocycles. The highest BCUT2D eigenvalue weighted by Crippen LogP contribution is 2.42. The lowest BCUT2D eigenvalue weighted by molar-refractivity contribution is -0.140. The van der Waals surface area contributed by atoms with Crippen molar-refractivity contribution in [3.63, 3.8) is 0 Å². The molecule has 1 amide bonds. The third kappa shape index (κ3) is 6.58. The molecule has 0 radical (unpaired) electrons. The number of allylic oxidation sites excluding steroid dienone is 2. The highest BCUT2D eigenvalue weighted by Gasteiger charge is 2.31. The van der Waals surface area contributed by atoms with Gasteiger partial charge in [-0.15, -0.1) is 0 Å². The minimum absolute atomic E-state index is 0.0326. The van der Waals surface area contributed by atoms with Crippen LogP contribution in [0.3, 0.4) is 0 Å².